The lowest BCUT2D eigenvalue weighted by Crippen LogP contribution is -2.34. The minimum atomic E-state index is 0.274. The number of benzene rings is 1. The predicted octanol–water partition coefficient (Wildman–Crippen LogP) is 3.87. The van der Waals surface area contributed by atoms with Gasteiger partial charge >= 0.3 is 0 Å². The maximum Gasteiger partial charge on any atom is 0.0443 e. The van der Waals surface area contributed by atoms with Gasteiger partial charge in [-0.05, 0) is 24.4 Å². The van der Waals surface area contributed by atoms with Gasteiger partial charge in [-0.15, -0.1) is 0 Å². The Kier molecular flexibility index (Phi) is 8.27. The molecule has 2 nitrogen and oxygen atoms in total. The van der Waals surface area contributed by atoms with E-state index in [1.54, 1.807) is 0 Å². The quantitative estimate of drug-likeness (QED) is 0.725. The van der Waals surface area contributed by atoms with Crippen LogP contribution in [0.1, 0.15) is 45.7 Å². The van der Waals surface area contributed by atoms with Crippen LogP contribution in [0.2, 0.25) is 0 Å². The lowest BCUT2D eigenvalue weighted by atomic mass is 9.96. The molecule has 114 valence electrons. The van der Waals surface area contributed by atoms with Crippen LogP contribution < -0.4 is 5.32 Å². The van der Waals surface area contributed by atoms with Crippen LogP contribution in [-0.2, 0) is 0 Å². The van der Waals surface area contributed by atoms with Crippen molar-refractivity contribution in [1.29, 1.82) is 0 Å². The molecule has 1 aromatic carbocycles. The number of aliphatic hydroxyl groups is 1. The Morgan fingerprint density at radius 2 is 1.80 bits per heavy atom. The second-order valence-corrected chi connectivity index (χ2v) is 7.23. The maximum absolute atomic E-state index is 9.12. The van der Waals surface area contributed by atoms with Crippen molar-refractivity contribution in [3.05, 3.63) is 35.9 Å². The molecule has 0 radical (unpaired) electrons. The van der Waals surface area contributed by atoms with E-state index in [1.807, 2.05) is 11.8 Å². The molecule has 0 spiro atoms. The van der Waals surface area contributed by atoms with Crippen LogP contribution in [0.5, 0.6) is 0 Å². The van der Waals surface area contributed by atoms with Gasteiger partial charge in [-0.1, -0.05) is 58.0 Å². The molecule has 3 heteroatoms. The first-order valence-electron chi connectivity index (χ1n) is 7.64. The van der Waals surface area contributed by atoms with Gasteiger partial charge in [0.25, 0.3) is 0 Å². The fourth-order valence-electron chi connectivity index (χ4n) is 2.44. The molecule has 0 heterocycles. The summed E-state index contributed by atoms with van der Waals surface area (Å²) >= 11 is 2.00. The summed E-state index contributed by atoms with van der Waals surface area (Å²) < 4.78 is 0. The summed E-state index contributed by atoms with van der Waals surface area (Å²) in [5, 5.41) is 13.8. The summed E-state index contributed by atoms with van der Waals surface area (Å²) in [5.74, 6) is 0.588. The standard InChI is InChI=1S/C17H29NOS/c1-5-18-16(15-9-7-6-8-10-15)17(13(2)3)20-14(4)11-12-19/h6-10,13-14,16-19H,5,11-12H2,1-4H3. The highest BCUT2D eigenvalue weighted by molar-refractivity contribution is 8.00. The van der Waals surface area contributed by atoms with Gasteiger partial charge < -0.3 is 10.4 Å². The zero-order valence-electron chi connectivity index (χ0n) is 13.2. The number of rotatable bonds is 9. The van der Waals surface area contributed by atoms with Crippen molar-refractivity contribution in [3.63, 3.8) is 0 Å². The fraction of sp³-hybridized carbons (Fsp3) is 0.647. The van der Waals surface area contributed by atoms with Crippen molar-refractivity contribution in [1.82, 2.24) is 5.32 Å². The lowest BCUT2D eigenvalue weighted by Gasteiger charge is -2.32. The third kappa shape index (κ3) is 5.47. The van der Waals surface area contributed by atoms with Crippen molar-refractivity contribution in [2.45, 2.75) is 50.7 Å². The molecular weight excluding hydrogens is 266 g/mol. The first kappa shape index (κ1) is 17.5. The van der Waals surface area contributed by atoms with Crippen LogP contribution in [0, 0.1) is 5.92 Å². The zero-order chi connectivity index (χ0) is 15.0. The maximum atomic E-state index is 9.12. The van der Waals surface area contributed by atoms with Gasteiger partial charge in [-0.3, -0.25) is 0 Å². The van der Waals surface area contributed by atoms with Gasteiger partial charge in [0.05, 0.1) is 0 Å². The molecule has 0 aromatic heterocycles. The minimum absolute atomic E-state index is 0.274. The van der Waals surface area contributed by atoms with Crippen molar-refractivity contribution < 1.29 is 5.11 Å². The van der Waals surface area contributed by atoms with Crippen molar-refractivity contribution in [3.8, 4) is 0 Å². The number of thioether (sulfide) groups is 1. The summed E-state index contributed by atoms with van der Waals surface area (Å²) in [6.07, 6.45) is 0.863. The van der Waals surface area contributed by atoms with E-state index in [1.165, 1.54) is 5.56 Å². The second kappa shape index (κ2) is 9.43. The Morgan fingerprint density at radius 1 is 1.15 bits per heavy atom. The second-order valence-electron chi connectivity index (χ2n) is 5.61. The normalized spacial score (nSPS) is 16.1. The number of nitrogens with one attached hydrogen (secondary N) is 1. The number of hydrogen-bond donors (Lipinski definition) is 2. The van der Waals surface area contributed by atoms with Crippen molar-refractivity contribution in [2.24, 2.45) is 5.92 Å². The summed E-state index contributed by atoms with van der Waals surface area (Å²) in [6.45, 7) is 10.2. The van der Waals surface area contributed by atoms with Gasteiger partial charge in [0.15, 0.2) is 0 Å². The third-order valence-corrected chi connectivity index (χ3v) is 5.32. The summed E-state index contributed by atoms with van der Waals surface area (Å²) in [7, 11) is 0. The smallest absolute Gasteiger partial charge is 0.0443 e. The fourth-order valence-corrected chi connectivity index (χ4v) is 3.95. The highest BCUT2D eigenvalue weighted by atomic mass is 32.2. The van der Waals surface area contributed by atoms with E-state index in [0.29, 0.717) is 22.5 Å². The highest BCUT2D eigenvalue weighted by Gasteiger charge is 2.27. The Bertz CT molecular complexity index is 355. The zero-order valence-corrected chi connectivity index (χ0v) is 14.0. The molecule has 2 N–H and O–H groups in total. The molecule has 0 aliphatic carbocycles. The number of aliphatic hydroxyl groups excluding tert-OH is 1. The molecule has 0 aliphatic rings. The van der Waals surface area contributed by atoms with Crippen molar-refractivity contribution >= 4 is 11.8 Å². The van der Waals surface area contributed by atoms with Crippen LogP contribution in [0.25, 0.3) is 0 Å². The summed E-state index contributed by atoms with van der Waals surface area (Å²) in [6, 6.07) is 11.1. The van der Waals surface area contributed by atoms with Gasteiger partial charge in [0.1, 0.15) is 0 Å². The molecule has 0 fully saturated rings. The first-order valence-corrected chi connectivity index (χ1v) is 8.59. The molecule has 0 amide bonds. The molecule has 3 unspecified atom stereocenters. The van der Waals surface area contributed by atoms with Crippen molar-refractivity contribution in [2.75, 3.05) is 13.2 Å². The first-order chi connectivity index (χ1) is 9.60. The molecule has 1 aromatic rings. The lowest BCUT2D eigenvalue weighted by molar-refractivity contribution is 0.288. The van der Waals surface area contributed by atoms with Gasteiger partial charge in [0, 0.05) is 23.1 Å². The van der Waals surface area contributed by atoms with Gasteiger partial charge in [-0.25, -0.2) is 0 Å². The SMILES string of the molecule is CCNC(c1ccccc1)C(SC(C)CCO)C(C)C. The summed E-state index contributed by atoms with van der Waals surface area (Å²) in [4.78, 5) is 0. The predicted molar refractivity (Wildman–Crippen MR) is 90.2 cm³/mol. The van der Waals surface area contributed by atoms with E-state index >= 15 is 0 Å². The van der Waals surface area contributed by atoms with E-state index in [2.05, 4.69) is 63.3 Å². The molecule has 20 heavy (non-hydrogen) atoms. The summed E-state index contributed by atoms with van der Waals surface area (Å²) in [5.41, 5.74) is 1.36. The van der Waals surface area contributed by atoms with Crippen LogP contribution in [0.15, 0.2) is 30.3 Å². The average molecular weight is 295 g/mol. The van der Waals surface area contributed by atoms with Crippen LogP contribution in [-0.4, -0.2) is 28.8 Å². The molecule has 3 atom stereocenters. The molecule has 0 aliphatic heterocycles. The Hall–Kier alpha value is -0.510. The molecule has 1 rings (SSSR count). The van der Waals surface area contributed by atoms with Crippen LogP contribution >= 0.6 is 11.8 Å². The third-order valence-electron chi connectivity index (χ3n) is 3.49. The Labute approximate surface area is 128 Å². The van der Waals surface area contributed by atoms with E-state index in [9.17, 15) is 0 Å². The van der Waals surface area contributed by atoms with Crippen LogP contribution in [0.3, 0.4) is 0 Å². The van der Waals surface area contributed by atoms with E-state index < -0.39 is 0 Å². The van der Waals surface area contributed by atoms with Crippen LogP contribution in [0.4, 0.5) is 0 Å². The molecule has 0 saturated carbocycles. The molecule has 0 bridgehead atoms. The van der Waals surface area contributed by atoms with Gasteiger partial charge in [0.2, 0.25) is 0 Å². The van der Waals surface area contributed by atoms with E-state index in [0.717, 1.165) is 13.0 Å². The number of hydrogen-bond acceptors (Lipinski definition) is 3. The largest absolute Gasteiger partial charge is 0.396 e. The molecule has 0 saturated heterocycles. The topological polar surface area (TPSA) is 32.3 Å². The monoisotopic (exact) mass is 295 g/mol. The van der Waals surface area contributed by atoms with E-state index in [4.69, 9.17) is 5.11 Å². The van der Waals surface area contributed by atoms with E-state index in [-0.39, 0.29) is 6.61 Å². The Morgan fingerprint density at radius 3 is 2.30 bits per heavy atom. The molecular formula is C17H29NOS. The highest BCUT2D eigenvalue weighted by Crippen LogP contribution is 2.35. The van der Waals surface area contributed by atoms with Gasteiger partial charge in [-0.2, -0.15) is 11.8 Å². The average Bonchev–Trinajstić information content (AvgIpc) is 2.43. The Balaban J connectivity index is 2.88. The minimum Gasteiger partial charge on any atom is -0.396 e.